The molecule has 3 amide bonds. The van der Waals surface area contributed by atoms with Crippen molar-refractivity contribution >= 4 is 17.6 Å². The molecule has 0 unspecified atom stereocenters. The van der Waals surface area contributed by atoms with Crippen molar-refractivity contribution in [2.75, 3.05) is 25.0 Å². The number of carbonyl (C=O) groups excluding carboxylic acids is 2. The molecule has 3 N–H and O–H groups in total. The first kappa shape index (κ1) is 17.4. The minimum Gasteiger partial charge on any atom is -0.376 e. The molecule has 1 aromatic carbocycles. The van der Waals surface area contributed by atoms with Crippen molar-refractivity contribution in [3.63, 3.8) is 0 Å². The van der Waals surface area contributed by atoms with Crippen LogP contribution in [0, 0.1) is 0 Å². The molecule has 3 aliphatic rings. The number of nitrogens with zero attached hydrogens (tertiary/aromatic N) is 1. The summed E-state index contributed by atoms with van der Waals surface area (Å²) < 4.78 is 5.50. The number of anilines is 1. The second kappa shape index (κ2) is 7.67. The molecule has 0 spiro atoms. The highest BCUT2D eigenvalue weighted by Gasteiger charge is 2.23. The lowest BCUT2D eigenvalue weighted by atomic mass is 10.1. The topological polar surface area (TPSA) is 82.7 Å². The SMILES string of the molecule is O=C(NC[C@@H]1CCCO1)c1ccc(NC(=O)N2C=C3C=CNC=C3C2)cc1. The maximum Gasteiger partial charge on any atom is 0.326 e. The fraction of sp³-hybridized carbons (Fsp3) is 0.300. The Labute approximate surface area is 157 Å². The minimum atomic E-state index is -0.207. The van der Waals surface area contributed by atoms with Gasteiger partial charge in [0.15, 0.2) is 0 Å². The van der Waals surface area contributed by atoms with Crippen LogP contribution in [-0.2, 0) is 4.74 Å². The summed E-state index contributed by atoms with van der Waals surface area (Å²) >= 11 is 0. The van der Waals surface area contributed by atoms with E-state index in [9.17, 15) is 9.59 Å². The van der Waals surface area contributed by atoms with Crippen molar-refractivity contribution in [3.05, 3.63) is 65.7 Å². The second-order valence-corrected chi connectivity index (χ2v) is 6.73. The van der Waals surface area contributed by atoms with Crippen LogP contribution in [0.5, 0.6) is 0 Å². The van der Waals surface area contributed by atoms with E-state index in [-0.39, 0.29) is 18.0 Å². The van der Waals surface area contributed by atoms with Gasteiger partial charge in [0.1, 0.15) is 0 Å². The molecule has 1 aromatic rings. The summed E-state index contributed by atoms with van der Waals surface area (Å²) in [5.74, 6) is -0.136. The van der Waals surface area contributed by atoms with Crippen LogP contribution in [0.2, 0.25) is 0 Å². The Morgan fingerprint density at radius 2 is 2.11 bits per heavy atom. The molecule has 7 nitrogen and oxygen atoms in total. The Kier molecular flexibility index (Phi) is 4.93. The first-order chi connectivity index (χ1) is 13.2. The summed E-state index contributed by atoms with van der Waals surface area (Å²) in [5.41, 5.74) is 3.31. The van der Waals surface area contributed by atoms with Gasteiger partial charge in [0, 0.05) is 43.0 Å². The van der Waals surface area contributed by atoms with Crippen LogP contribution in [0.4, 0.5) is 10.5 Å². The van der Waals surface area contributed by atoms with E-state index in [0.29, 0.717) is 24.3 Å². The first-order valence-electron chi connectivity index (χ1n) is 9.10. The molecule has 1 fully saturated rings. The van der Waals surface area contributed by atoms with E-state index in [1.807, 2.05) is 24.7 Å². The van der Waals surface area contributed by atoms with Crippen molar-refractivity contribution in [3.8, 4) is 0 Å². The van der Waals surface area contributed by atoms with E-state index in [2.05, 4.69) is 16.0 Å². The number of allylic oxidation sites excluding steroid dienone is 1. The molecule has 0 aromatic heterocycles. The largest absolute Gasteiger partial charge is 0.376 e. The van der Waals surface area contributed by atoms with E-state index >= 15 is 0 Å². The zero-order valence-corrected chi connectivity index (χ0v) is 14.9. The third-order valence-electron chi connectivity index (χ3n) is 4.80. The molecule has 0 radical (unpaired) electrons. The molecular formula is C20H22N4O3. The predicted octanol–water partition coefficient (Wildman–Crippen LogP) is 2.33. The van der Waals surface area contributed by atoms with Gasteiger partial charge in [-0.15, -0.1) is 0 Å². The molecule has 1 saturated heterocycles. The number of urea groups is 1. The van der Waals surface area contributed by atoms with Crippen LogP contribution >= 0.6 is 0 Å². The highest BCUT2D eigenvalue weighted by atomic mass is 16.5. The van der Waals surface area contributed by atoms with E-state index in [1.54, 1.807) is 29.2 Å². The van der Waals surface area contributed by atoms with Gasteiger partial charge >= 0.3 is 6.03 Å². The number of hydrogen-bond acceptors (Lipinski definition) is 4. The monoisotopic (exact) mass is 366 g/mol. The average Bonchev–Trinajstić information content (AvgIpc) is 3.36. The zero-order valence-electron chi connectivity index (χ0n) is 14.9. The number of carbonyl (C=O) groups is 2. The number of amides is 3. The van der Waals surface area contributed by atoms with Gasteiger partial charge in [-0.1, -0.05) is 0 Å². The fourth-order valence-corrected chi connectivity index (χ4v) is 3.28. The summed E-state index contributed by atoms with van der Waals surface area (Å²) in [6, 6.07) is 6.67. The number of nitrogens with one attached hydrogen (secondary N) is 3. The average molecular weight is 366 g/mol. The Morgan fingerprint density at radius 3 is 2.85 bits per heavy atom. The lowest BCUT2D eigenvalue weighted by molar-refractivity contribution is 0.0858. The molecule has 0 aliphatic carbocycles. The Balaban J connectivity index is 1.31. The van der Waals surface area contributed by atoms with Crippen LogP contribution in [-0.4, -0.2) is 42.6 Å². The third-order valence-corrected chi connectivity index (χ3v) is 4.80. The summed E-state index contributed by atoms with van der Waals surface area (Å²) in [6.07, 6.45) is 9.64. The molecule has 140 valence electrons. The normalized spacial score (nSPS) is 20.4. The zero-order chi connectivity index (χ0) is 18.6. The van der Waals surface area contributed by atoms with Gasteiger partial charge in [-0.05, 0) is 54.3 Å². The molecule has 4 rings (SSSR count). The van der Waals surface area contributed by atoms with E-state index < -0.39 is 0 Å². The summed E-state index contributed by atoms with van der Waals surface area (Å²) in [5, 5.41) is 8.77. The molecule has 3 heterocycles. The van der Waals surface area contributed by atoms with Gasteiger partial charge < -0.3 is 20.7 Å². The van der Waals surface area contributed by atoms with Crippen LogP contribution < -0.4 is 16.0 Å². The predicted molar refractivity (Wildman–Crippen MR) is 102 cm³/mol. The lowest BCUT2D eigenvalue weighted by Gasteiger charge is -2.15. The molecule has 1 atom stereocenters. The number of benzene rings is 1. The Bertz CT molecular complexity index is 820. The molecule has 0 saturated carbocycles. The summed E-state index contributed by atoms with van der Waals surface area (Å²) in [7, 11) is 0. The number of ether oxygens (including phenoxy) is 1. The molecule has 3 aliphatic heterocycles. The van der Waals surface area contributed by atoms with Crippen molar-refractivity contribution < 1.29 is 14.3 Å². The first-order valence-corrected chi connectivity index (χ1v) is 9.10. The quantitative estimate of drug-likeness (QED) is 0.764. The van der Waals surface area contributed by atoms with Gasteiger partial charge in [0.05, 0.1) is 12.6 Å². The van der Waals surface area contributed by atoms with E-state index in [0.717, 1.165) is 30.6 Å². The smallest absolute Gasteiger partial charge is 0.326 e. The number of hydrogen-bond donors (Lipinski definition) is 3. The van der Waals surface area contributed by atoms with Crippen LogP contribution in [0.3, 0.4) is 0 Å². The van der Waals surface area contributed by atoms with Gasteiger partial charge in [0.2, 0.25) is 0 Å². The van der Waals surface area contributed by atoms with Crippen LogP contribution in [0.25, 0.3) is 0 Å². The Morgan fingerprint density at radius 1 is 1.26 bits per heavy atom. The van der Waals surface area contributed by atoms with Gasteiger partial charge in [0.25, 0.3) is 5.91 Å². The van der Waals surface area contributed by atoms with Crippen molar-refractivity contribution in [1.82, 2.24) is 15.5 Å². The summed E-state index contributed by atoms with van der Waals surface area (Å²) in [6.45, 7) is 1.83. The lowest BCUT2D eigenvalue weighted by Crippen LogP contribution is -2.31. The minimum absolute atomic E-state index is 0.117. The highest BCUT2D eigenvalue weighted by molar-refractivity contribution is 5.95. The number of fused-ring (bicyclic) bond motifs is 1. The maximum absolute atomic E-state index is 12.4. The van der Waals surface area contributed by atoms with Gasteiger partial charge in [-0.25, -0.2) is 4.79 Å². The highest BCUT2D eigenvalue weighted by Crippen LogP contribution is 2.24. The fourth-order valence-electron chi connectivity index (χ4n) is 3.28. The second-order valence-electron chi connectivity index (χ2n) is 6.73. The van der Waals surface area contributed by atoms with Gasteiger partial charge in [-0.3, -0.25) is 9.69 Å². The summed E-state index contributed by atoms with van der Waals surface area (Å²) in [4.78, 5) is 26.3. The molecular weight excluding hydrogens is 344 g/mol. The number of rotatable bonds is 4. The standard InChI is InChI=1S/C20H22N4O3/c25-19(22-11-18-2-1-9-27-18)14-3-5-17(6-4-14)23-20(26)24-12-15-7-8-21-10-16(15)13-24/h3-8,10,12,18,21H,1-2,9,11,13H2,(H,22,25)(H,23,26)/t18-/m0/s1. The third kappa shape index (κ3) is 4.03. The number of dihydropyridines is 1. The molecule has 27 heavy (non-hydrogen) atoms. The van der Waals surface area contributed by atoms with Crippen molar-refractivity contribution in [2.24, 2.45) is 0 Å². The van der Waals surface area contributed by atoms with Crippen LogP contribution in [0.1, 0.15) is 23.2 Å². The Hall–Kier alpha value is -3.06. The van der Waals surface area contributed by atoms with E-state index in [1.165, 1.54) is 0 Å². The maximum atomic E-state index is 12.4. The van der Waals surface area contributed by atoms with E-state index in [4.69, 9.17) is 4.74 Å². The molecule has 7 heteroatoms. The van der Waals surface area contributed by atoms with Crippen molar-refractivity contribution in [1.29, 1.82) is 0 Å². The van der Waals surface area contributed by atoms with Crippen LogP contribution in [0.15, 0.2) is 60.1 Å². The van der Waals surface area contributed by atoms with Gasteiger partial charge in [-0.2, -0.15) is 0 Å². The molecule has 0 bridgehead atoms. The van der Waals surface area contributed by atoms with Crippen molar-refractivity contribution in [2.45, 2.75) is 18.9 Å².